The highest BCUT2D eigenvalue weighted by molar-refractivity contribution is 5.95. The van der Waals surface area contributed by atoms with Crippen LogP contribution >= 0.6 is 0 Å². The summed E-state index contributed by atoms with van der Waals surface area (Å²) in [6.07, 6.45) is 5.42. The maximum atomic E-state index is 11.8. The molecule has 7 nitrogen and oxygen atoms in total. The molecule has 2 fully saturated rings. The fraction of sp³-hybridized carbons (Fsp3) is 0.533. The molecule has 7 heteroatoms. The summed E-state index contributed by atoms with van der Waals surface area (Å²) in [6.45, 7) is 5.65. The fourth-order valence-corrected chi connectivity index (χ4v) is 3.21. The van der Waals surface area contributed by atoms with Crippen molar-refractivity contribution in [3.05, 3.63) is 29.8 Å². The van der Waals surface area contributed by atoms with Crippen LogP contribution in [0.2, 0.25) is 0 Å². The molecule has 2 aliphatic rings. The Morgan fingerprint density at radius 1 is 1.41 bits per heavy atom. The molecule has 0 atom stereocenters. The van der Waals surface area contributed by atoms with Gasteiger partial charge in [0.1, 0.15) is 0 Å². The van der Waals surface area contributed by atoms with Gasteiger partial charge in [0.25, 0.3) is 0 Å². The minimum absolute atomic E-state index is 0.212. The maximum Gasteiger partial charge on any atom is 0.227 e. The second kappa shape index (κ2) is 5.24. The van der Waals surface area contributed by atoms with E-state index in [1.165, 1.54) is 0 Å². The van der Waals surface area contributed by atoms with Crippen molar-refractivity contribution >= 4 is 11.6 Å². The molecule has 0 aromatic carbocycles. The number of rotatable bonds is 4. The summed E-state index contributed by atoms with van der Waals surface area (Å²) in [5, 5.41) is 11.7. The lowest BCUT2D eigenvalue weighted by molar-refractivity contribution is -0.117. The number of aryl methyl sites for hydroxylation is 1. The molecule has 0 unspecified atom stereocenters. The molecular weight excluding hydrogens is 280 g/mol. The van der Waals surface area contributed by atoms with Crippen molar-refractivity contribution in [1.82, 2.24) is 24.9 Å². The van der Waals surface area contributed by atoms with Crippen molar-refractivity contribution in [2.45, 2.75) is 32.4 Å². The zero-order valence-corrected chi connectivity index (χ0v) is 12.7. The van der Waals surface area contributed by atoms with Crippen molar-refractivity contribution in [3.63, 3.8) is 0 Å². The van der Waals surface area contributed by atoms with Crippen molar-refractivity contribution in [2.24, 2.45) is 0 Å². The van der Waals surface area contributed by atoms with Crippen molar-refractivity contribution in [3.8, 4) is 0 Å². The lowest BCUT2D eigenvalue weighted by Crippen LogP contribution is -2.47. The largest absolute Gasteiger partial charge is 0.309 e. The summed E-state index contributed by atoms with van der Waals surface area (Å²) in [4.78, 5) is 16.0. The number of anilines is 1. The normalized spacial score (nSPS) is 19.9. The predicted molar refractivity (Wildman–Crippen MR) is 81.5 cm³/mol. The molecule has 2 saturated heterocycles. The van der Waals surface area contributed by atoms with Gasteiger partial charge in [0.15, 0.2) is 0 Å². The Labute approximate surface area is 128 Å². The first-order chi connectivity index (χ1) is 10.7. The molecule has 0 spiro atoms. The molecular formula is C15H20N6O. The van der Waals surface area contributed by atoms with Gasteiger partial charge in [-0.05, 0) is 19.4 Å². The van der Waals surface area contributed by atoms with Gasteiger partial charge in [-0.2, -0.15) is 10.2 Å². The number of amides is 1. The molecule has 2 aromatic heterocycles. The van der Waals surface area contributed by atoms with E-state index in [4.69, 9.17) is 0 Å². The van der Waals surface area contributed by atoms with E-state index in [1.807, 2.05) is 28.9 Å². The fourth-order valence-electron chi connectivity index (χ4n) is 3.21. The molecule has 4 heterocycles. The number of hydrogen-bond donors (Lipinski definition) is 1. The standard InChI is InChI=1S/C15H20N6O/c1-11-5-12(18-17-11)7-19-8-14(9-19)21-10-13(6-16-21)20-4-2-3-15(20)22/h5-6,10,14H,2-4,7-9H2,1H3,(H,17,18). The number of nitrogens with zero attached hydrogens (tertiary/aromatic N) is 5. The topological polar surface area (TPSA) is 70.1 Å². The van der Waals surface area contributed by atoms with Crippen molar-refractivity contribution in [1.29, 1.82) is 0 Å². The highest BCUT2D eigenvalue weighted by Gasteiger charge is 2.30. The van der Waals surface area contributed by atoms with Gasteiger partial charge in [-0.3, -0.25) is 19.5 Å². The molecule has 1 N–H and O–H groups in total. The van der Waals surface area contributed by atoms with Crippen LogP contribution in [0.4, 0.5) is 5.69 Å². The second-order valence-corrected chi connectivity index (χ2v) is 6.22. The van der Waals surface area contributed by atoms with E-state index >= 15 is 0 Å². The highest BCUT2D eigenvalue weighted by Crippen LogP contribution is 2.26. The zero-order valence-electron chi connectivity index (χ0n) is 12.7. The average molecular weight is 300 g/mol. The Morgan fingerprint density at radius 2 is 2.27 bits per heavy atom. The van der Waals surface area contributed by atoms with E-state index < -0.39 is 0 Å². The number of hydrogen-bond acceptors (Lipinski definition) is 4. The third-order valence-corrected chi connectivity index (χ3v) is 4.43. The van der Waals surface area contributed by atoms with Crippen LogP contribution in [-0.4, -0.2) is 50.4 Å². The summed E-state index contributed by atoms with van der Waals surface area (Å²) < 4.78 is 1.99. The molecule has 0 saturated carbocycles. The van der Waals surface area contributed by atoms with Crippen LogP contribution in [0.15, 0.2) is 18.5 Å². The summed E-state index contributed by atoms with van der Waals surface area (Å²) >= 11 is 0. The Morgan fingerprint density at radius 3 is 2.95 bits per heavy atom. The smallest absolute Gasteiger partial charge is 0.227 e. The van der Waals surface area contributed by atoms with E-state index in [1.54, 1.807) is 0 Å². The van der Waals surface area contributed by atoms with Crippen LogP contribution in [0, 0.1) is 6.92 Å². The molecule has 4 rings (SSSR count). The summed E-state index contributed by atoms with van der Waals surface area (Å²) in [5.74, 6) is 0.212. The van der Waals surface area contributed by atoms with Crippen LogP contribution < -0.4 is 4.90 Å². The average Bonchev–Trinajstić information content (AvgIpc) is 3.14. The first-order valence-corrected chi connectivity index (χ1v) is 7.77. The van der Waals surface area contributed by atoms with Crippen LogP contribution in [0.1, 0.15) is 30.3 Å². The molecule has 1 amide bonds. The van der Waals surface area contributed by atoms with E-state index in [0.29, 0.717) is 12.5 Å². The highest BCUT2D eigenvalue weighted by atomic mass is 16.2. The number of carbonyl (C=O) groups excluding carboxylic acids is 1. The van der Waals surface area contributed by atoms with Gasteiger partial charge < -0.3 is 4.90 Å². The van der Waals surface area contributed by atoms with Gasteiger partial charge in [-0.25, -0.2) is 0 Å². The molecule has 22 heavy (non-hydrogen) atoms. The number of H-pyrrole nitrogens is 1. The van der Waals surface area contributed by atoms with Crippen LogP contribution in [-0.2, 0) is 11.3 Å². The van der Waals surface area contributed by atoms with Crippen LogP contribution in [0.25, 0.3) is 0 Å². The molecule has 0 bridgehead atoms. The first-order valence-electron chi connectivity index (χ1n) is 7.77. The molecule has 0 radical (unpaired) electrons. The maximum absolute atomic E-state index is 11.8. The third kappa shape index (κ3) is 2.41. The van der Waals surface area contributed by atoms with Crippen LogP contribution in [0.5, 0.6) is 0 Å². The van der Waals surface area contributed by atoms with Crippen LogP contribution in [0.3, 0.4) is 0 Å². The van der Waals surface area contributed by atoms with E-state index in [-0.39, 0.29) is 5.91 Å². The molecule has 2 aromatic rings. The minimum atomic E-state index is 0.212. The van der Waals surface area contributed by atoms with E-state index in [0.717, 1.165) is 49.7 Å². The predicted octanol–water partition coefficient (Wildman–Crippen LogP) is 1.10. The molecule has 0 aliphatic carbocycles. The molecule has 2 aliphatic heterocycles. The lowest BCUT2D eigenvalue weighted by atomic mass is 10.1. The van der Waals surface area contributed by atoms with Crippen molar-refractivity contribution in [2.75, 3.05) is 24.5 Å². The Bertz CT molecular complexity index is 684. The summed E-state index contributed by atoms with van der Waals surface area (Å²) in [7, 11) is 0. The van der Waals surface area contributed by atoms with Gasteiger partial charge in [0.2, 0.25) is 5.91 Å². The van der Waals surface area contributed by atoms with Gasteiger partial charge in [-0.1, -0.05) is 0 Å². The lowest BCUT2D eigenvalue weighted by Gasteiger charge is -2.38. The molecule has 116 valence electrons. The zero-order chi connectivity index (χ0) is 15.1. The summed E-state index contributed by atoms with van der Waals surface area (Å²) in [5.41, 5.74) is 3.11. The number of aromatic nitrogens is 4. The van der Waals surface area contributed by atoms with Gasteiger partial charge in [0, 0.05) is 44.5 Å². The number of carbonyl (C=O) groups is 1. The Hall–Kier alpha value is -2.15. The van der Waals surface area contributed by atoms with E-state index in [2.05, 4.69) is 26.3 Å². The Kier molecular flexibility index (Phi) is 3.22. The van der Waals surface area contributed by atoms with E-state index in [9.17, 15) is 4.79 Å². The summed E-state index contributed by atoms with van der Waals surface area (Å²) in [6, 6.07) is 2.48. The monoisotopic (exact) mass is 300 g/mol. The van der Waals surface area contributed by atoms with Crippen molar-refractivity contribution < 1.29 is 4.79 Å². The quantitative estimate of drug-likeness (QED) is 0.918. The minimum Gasteiger partial charge on any atom is -0.309 e. The number of aromatic amines is 1. The van der Waals surface area contributed by atoms with Gasteiger partial charge in [-0.15, -0.1) is 0 Å². The number of likely N-dealkylation sites (tertiary alicyclic amines) is 1. The second-order valence-electron chi connectivity index (χ2n) is 6.22. The Balaban J connectivity index is 1.35. The number of nitrogens with one attached hydrogen (secondary N) is 1. The SMILES string of the molecule is Cc1cc(CN2CC(n3cc(N4CCCC4=O)cn3)C2)n[nH]1. The van der Waals surface area contributed by atoms with Gasteiger partial charge >= 0.3 is 0 Å². The van der Waals surface area contributed by atoms with Gasteiger partial charge in [0.05, 0.1) is 23.6 Å². The third-order valence-electron chi connectivity index (χ3n) is 4.43. The first kappa shape index (κ1) is 13.5.